The lowest BCUT2D eigenvalue weighted by Gasteiger charge is -2.38. The second-order valence-electron chi connectivity index (χ2n) is 6.43. The summed E-state index contributed by atoms with van der Waals surface area (Å²) in [5, 5.41) is 3.41. The predicted molar refractivity (Wildman–Crippen MR) is 102 cm³/mol. The summed E-state index contributed by atoms with van der Waals surface area (Å²) in [6.45, 7) is 0.423. The van der Waals surface area contributed by atoms with Crippen LogP contribution in [0.15, 0.2) is 72.8 Å². The maximum Gasteiger partial charge on any atom is 0.258 e. The summed E-state index contributed by atoms with van der Waals surface area (Å²) >= 11 is 0. The van der Waals surface area contributed by atoms with Crippen LogP contribution in [0.4, 0.5) is 10.1 Å². The van der Waals surface area contributed by atoms with Gasteiger partial charge in [0, 0.05) is 12.2 Å². The zero-order valence-corrected chi connectivity index (χ0v) is 14.9. The van der Waals surface area contributed by atoms with Crippen molar-refractivity contribution < 1.29 is 13.9 Å². The molecule has 1 aliphatic rings. The number of benzene rings is 3. The van der Waals surface area contributed by atoms with Crippen LogP contribution in [0.3, 0.4) is 0 Å². The van der Waals surface area contributed by atoms with Gasteiger partial charge in [0.05, 0.1) is 12.7 Å². The Morgan fingerprint density at radius 2 is 1.70 bits per heavy atom. The topological polar surface area (TPSA) is 41.6 Å². The number of hydrogen-bond donors (Lipinski definition) is 1. The molecule has 1 amide bonds. The van der Waals surface area contributed by atoms with Crippen LogP contribution in [0.5, 0.6) is 5.75 Å². The zero-order valence-electron chi connectivity index (χ0n) is 14.9. The highest BCUT2D eigenvalue weighted by Gasteiger charge is 2.32. The summed E-state index contributed by atoms with van der Waals surface area (Å²) in [7, 11) is 1.62. The summed E-state index contributed by atoms with van der Waals surface area (Å²) in [5.41, 5.74) is 3.22. The summed E-state index contributed by atoms with van der Waals surface area (Å²) < 4.78 is 18.6. The molecule has 0 saturated carbocycles. The molecule has 1 heterocycles. The Bertz CT molecular complexity index is 955. The van der Waals surface area contributed by atoms with E-state index in [9.17, 15) is 9.18 Å². The van der Waals surface area contributed by atoms with Gasteiger partial charge >= 0.3 is 0 Å². The number of rotatable bonds is 4. The Hall–Kier alpha value is -3.34. The molecule has 0 unspecified atom stereocenters. The molecule has 0 fully saturated rings. The SMILES string of the molecule is COc1ccc(CN2C(=O)c3ccccc3N[C@H]2c2ccc(F)cc2)cc1. The highest BCUT2D eigenvalue weighted by atomic mass is 19.1. The molecule has 4 nitrogen and oxygen atoms in total. The lowest BCUT2D eigenvalue weighted by atomic mass is 10.0. The Labute approximate surface area is 157 Å². The minimum Gasteiger partial charge on any atom is -0.497 e. The number of nitrogens with one attached hydrogen (secondary N) is 1. The van der Waals surface area contributed by atoms with Gasteiger partial charge in [-0.15, -0.1) is 0 Å². The summed E-state index contributed by atoms with van der Waals surface area (Å²) in [6.07, 6.45) is -0.380. The molecule has 136 valence electrons. The third kappa shape index (κ3) is 3.36. The maximum absolute atomic E-state index is 13.4. The fourth-order valence-corrected chi connectivity index (χ4v) is 3.29. The van der Waals surface area contributed by atoms with Crippen molar-refractivity contribution in [3.05, 3.63) is 95.3 Å². The number of anilines is 1. The van der Waals surface area contributed by atoms with Gasteiger partial charge in [-0.2, -0.15) is 0 Å². The Morgan fingerprint density at radius 1 is 1.00 bits per heavy atom. The average molecular weight is 362 g/mol. The third-order valence-corrected chi connectivity index (χ3v) is 4.72. The first-order valence-corrected chi connectivity index (χ1v) is 8.70. The van der Waals surface area contributed by atoms with Crippen molar-refractivity contribution in [3.8, 4) is 5.75 Å². The zero-order chi connectivity index (χ0) is 18.8. The van der Waals surface area contributed by atoms with E-state index in [1.54, 1.807) is 24.1 Å². The first-order chi connectivity index (χ1) is 13.2. The molecule has 0 saturated heterocycles. The Morgan fingerprint density at radius 3 is 2.41 bits per heavy atom. The number of amides is 1. The summed E-state index contributed by atoms with van der Waals surface area (Å²) in [5.74, 6) is 0.403. The van der Waals surface area contributed by atoms with E-state index < -0.39 is 0 Å². The molecule has 0 spiro atoms. The Kier molecular flexibility index (Phi) is 4.50. The number of methoxy groups -OCH3 is 1. The summed E-state index contributed by atoms with van der Waals surface area (Å²) in [6, 6.07) is 21.3. The normalized spacial score (nSPS) is 15.9. The number of carbonyl (C=O) groups excluding carboxylic acids is 1. The minimum atomic E-state index is -0.380. The van der Waals surface area contributed by atoms with E-state index in [2.05, 4.69) is 5.32 Å². The molecule has 1 N–H and O–H groups in total. The molecule has 0 aromatic heterocycles. The molecule has 27 heavy (non-hydrogen) atoms. The van der Waals surface area contributed by atoms with Crippen LogP contribution in [-0.4, -0.2) is 17.9 Å². The van der Waals surface area contributed by atoms with Crippen LogP contribution in [-0.2, 0) is 6.54 Å². The van der Waals surface area contributed by atoms with E-state index in [1.807, 2.05) is 48.5 Å². The molecule has 3 aromatic rings. The van der Waals surface area contributed by atoms with Crippen molar-refractivity contribution in [1.29, 1.82) is 0 Å². The third-order valence-electron chi connectivity index (χ3n) is 4.72. The van der Waals surface area contributed by atoms with Crippen LogP contribution in [0, 0.1) is 5.82 Å². The highest BCUT2D eigenvalue weighted by Crippen LogP contribution is 2.34. The van der Waals surface area contributed by atoms with Gasteiger partial charge in [0.25, 0.3) is 5.91 Å². The largest absolute Gasteiger partial charge is 0.497 e. The molecular weight excluding hydrogens is 343 g/mol. The standard InChI is InChI=1S/C22H19FN2O2/c1-27-18-12-6-15(7-13-18)14-25-21(16-8-10-17(23)11-9-16)24-20-5-3-2-4-19(20)22(25)26/h2-13,21,24H,14H2,1H3/t21-/m1/s1. The number of halogens is 1. The number of hydrogen-bond acceptors (Lipinski definition) is 3. The van der Waals surface area contributed by atoms with E-state index in [1.165, 1.54) is 12.1 Å². The van der Waals surface area contributed by atoms with Gasteiger partial charge in [0.1, 0.15) is 17.7 Å². The Balaban J connectivity index is 1.71. The van der Waals surface area contributed by atoms with E-state index in [-0.39, 0.29) is 17.9 Å². The van der Waals surface area contributed by atoms with Crippen LogP contribution in [0.1, 0.15) is 27.7 Å². The van der Waals surface area contributed by atoms with Crippen molar-refractivity contribution in [2.24, 2.45) is 0 Å². The van der Waals surface area contributed by atoms with Crippen molar-refractivity contribution in [1.82, 2.24) is 4.90 Å². The highest BCUT2D eigenvalue weighted by molar-refractivity contribution is 6.01. The lowest BCUT2D eigenvalue weighted by Crippen LogP contribution is -2.42. The van der Waals surface area contributed by atoms with Gasteiger partial charge < -0.3 is 15.0 Å². The number of para-hydroxylation sites is 1. The number of ether oxygens (including phenoxy) is 1. The first-order valence-electron chi connectivity index (χ1n) is 8.70. The fraction of sp³-hybridized carbons (Fsp3) is 0.136. The van der Waals surface area contributed by atoms with E-state index in [0.29, 0.717) is 12.1 Å². The van der Waals surface area contributed by atoms with Gasteiger partial charge in [-0.1, -0.05) is 36.4 Å². The van der Waals surface area contributed by atoms with Crippen molar-refractivity contribution in [2.45, 2.75) is 12.7 Å². The van der Waals surface area contributed by atoms with Crippen molar-refractivity contribution in [2.75, 3.05) is 12.4 Å². The molecule has 5 heteroatoms. The van der Waals surface area contributed by atoms with Crippen LogP contribution in [0.25, 0.3) is 0 Å². The van der Waals surface area contributed by atoms with E-state index in [0.717, 1.165) is 22.6 Å². The van der Waals surface area contributed by atoms with Gasteiger partial charge in [0.15, 0.2) is 0 Å². The van der Waals surface area contributed by atoms with Crippen LogP contribution >= 0.6 is 0 Å². The van der Waals surface area contributed by atoms with Crippen LogP contribution in [0.2, 0.25) is 0 Å². The molecule has 3 aromatic carbocycles. The predicted octanol–water partition coefficient (Wildman–Crippen LogP) is 4.60. The first kappa shape index (κ1) is 17.1. The molecular formula is C22H19FN2O2. The summed E-state index contributed by atoms with van der Waals surface area (Å²) in [4.78, 5) is 14.9. The van der Waals surface area contributed by atoms with Gasteiger partial charge in [-0.3, -0.25) is 4.79 Å². The van der Waals surface area contributed by atoms with Gasteiger partial charge in [-0.25, -0.2) is 4.39 Å². The van der Waals surface area contributed by atoms with Crippen molar-refractivity contribution >= 4 is 11.6 Å². The second-order valence-corrected chi connectivity index (χ2v) is 6.43. The lowest BCUT2D eigenvalue weighted by molar-refractivity contribution is 0.0666. The quantitative estimate of drug-likeness (QED) is 0.737. The minimum absolute atomic E-state index is 0.0607. The maximum atomic E-state index is 13.4. The fourth-order valence-electron chi connectivity index (χ4n) is 3.29. The molecule has 1 aliphatic heterocycles. The van der Waals surface area contributed by atoms with Gasteiger partial charge in [0.2, 0.25) is 0 Å². The second kappa shape index (κ2) is 7.11. The van der Waals surface area contributed by atoms with Gasteiger partial charge in [-0.05, 0) is 47.5 Å². The molecule has 4 rings (SSSR count). The smallest absolute Gasteiger partial charge is 0.258 e. The van der Waals surface area contributed by atoms with Crippen molar-refractivity contribution in [3.63, 3.8) is 0 Å². The number of carbonyl (C=O) groups is 1. The van der Waals surface area contributed by atoms with E-state index in [4.69, 9.17) is 4.74 Å². The molecule has 0 aliphatic carbocycles. The molecule has 1 atom stereocenters. The van der Waals surface area contributed by atoms with E-state index >= 15 is 0 Å². The monoisotopic (exact) mass is 362 g/mol. The number of fused-ring (bicyclic) bond motifs is 1. The average Bonchev–Trinajstić information content (AvgIpc) is 2.71. The van der Waals surface area contributed by atoms with Crippen LogP contribution < -0.4 is 10.1 Å². The molecule has 0 bridgehead atoms. The molecule has 0 radical (unpaired) electrons. The number of nitrogens with zero attached hydrogens (tertiary/aromatic N) is 1.